The first kappa shape index (κ1) is 7.92. The summed E-state index contributed by atoms with van der Waals surface area (Å²) in [5.41, 5.74) is -0.291. The van der Waals surface area contributed by atoms with E-state index in [0.29, 0.717) is 0 Å². The minimum atomic E-state index is -0.907. The predicted octanol–water partition coefficient (Wildman–Crippen LogP) is 0.954. The molecular weight excluding hydrogens is 104 g/mol. The van der Waals surface area contributed by atoms with Gasteiger partial charge in [0.2, 0.25) is 0 Å². The zero-order valence-corrected chi connectivity index (χ0v) is 5.64. The molecule has 1 radical (unpaired) electrons. The highest BCUT2D eigenvalue weighted by Gasteiger charge is 2.12. The third-order valence-corrected chi connectivity index (χ3v) is 0.490. The molecule has 0 heterocycles. The second-order valence-corrected chi connectivity index (χ2v) is 2.68. The van der Waals surface area contributed by atoms with Crippen molar-refractivity contribution in [3.8, 4) is 0 Å². The summed E-state index contributed by atoms with van der Waals surface area (Å²) in [7, 11) is 0. The largest absolute Gasteiger partial charge is 0.368 e. The van der Waals surface area contributed by atoms with E-state index in [0.717, 1.165) is 0 Å². The molecule has 0 spiro atoms. The van der Waals surface area contributed by atoms with Crippen molar-refractivity contribution >= 4 is 0 Å². The van der Waals surface area contributed by atoms with Gasteiger partial charge >= 0.3 is 0 Å². The molecule has 0 aromatic heterocycles. The molecule has 1 atom stereocenters. The Balaban J connectivity index is 3.39. The quantitative estimate of drug-likeness (QED) is 0.518. The fraction of sp³-hybridized carbons (Fsp3) is 0.833. The smallest absolute Gasteiger partial charge is 0.155 e. The fourth-order valence-electron chi connectivity index (χ4n) is 0.408. The van der Waals surface area contributed by atoms with Crippen LogP contribution < -0.4 is 0 Å². The van der Waals surface area contributed by atoms with E-state index in [9.17, 15) is 0 Å². The van der Waals surface area contributed by atoms with Gasteiger partial charge in [-0.3, -0.25) is 0 Å². The van der Waals surface area contributed by atoms with Gasteiger partial charge in [0.15, 0.2) is 6.29 Å². The Morgan fingerprint density at radius 2 is 1.88 bits per heavy atom. The lowest BCUT2D eigenvalue weighted by atomic mass is 10.2. The predicted molar refractivity (Wildman–Crippen MR) is 32.2 cm³/mol. The zero-order valence-electron chi connectivity index (χ0n) is 5.64. The molecule has 0 aliphatic heterocycles. The molecule has 0 aliphatic carbocycles. The molecule has 0 fully saturated rings. The van der Waals surface area contributed by atoms with Gasteiger partial charge < -0.3 is 9.84 Å². The Hall–Kier alpha value is -0.0800. The van der Waals surface area contributed by atoms with Gasteiger partial charge in [0.1, 0.15) is 0 Å². The van der Waals surface area contributed by atoms with Crippen LogP contribution in [0.4, 0.5) is 0 Å². The molecule has 8 heavy (non-hydrogen) atoms. The van der Waals surface area contributed by atoms with E-state index in [1.165, 1.54) is 0 Å². The third-order valence-electron chi connectivity index (χ3n) is 0.490. The van der Waals surface area contributed by atoms with Crippen molar-refractivity contribution in [2.75, 3.05) is 0 Å². The van der Waals surface area contributed by atoms with E-state index in [1.807, 2.05) is 20.8 Å². The van der Waals surface area contributed by atoms with Gasteiger partial charge in [-0.15, -0.1) is 0 Å². The van der Waals surface area contributed by atoms with Crippen molar-refractivity contribution in [3.63, 3.8) is 0 Å². The van der Waals surface area contributed by atoms with Crippen molar-refractivity contribution in [2.24, 2.45) is 0 Å². The average molecular weight is 117 g/mol. The third kappa shape index (κ3) is 5.92. The van der Waals surface area contributed by atoms with Crippen LogP contribution in [0, 0.1) is 6.92 Å². The van der Waals surface area contributed by atoms with E-state index in [-0.39, 0.29) is 5.60 Å². The lowest BCUT2D eigenvalue weighted by Gasteiger charge is -2.21. The molecule has 0 bridgehead atoms. The molecule has 0 aliphatic rings. The Labute approximate surface area is 50.5 Å². The summed E-state index contributed by atoms with van der Waals surface area (Å²) in [6.45, 7) is 8.84. The molecule has 0 aromatic carbocycles. The molecule has 1 N–H and O–H groups in total. The molecule has 2 nitrogen and oxygen atoms in total. The van der Waals surface area contributed by atoms with Crippen LogP contribution in [0.25, 0.3) is 0 Å². The highest BCUT2D eigenvalue weighted by atomic mass is 16.6. The first-order chi connectivity index (χ1) is 3.42. The first-order valence-electron chi connectivity index (χ1n) is 2.61. The number of hydrogen-bond donors (Lipinski definition) is 1. The topological polar surface area (TPSA) is 29.5 Å². The van der Waals surface area contributed by atoms with E-state index in [1.54, 1.807) is 0 Å². The van der Waals surface area contributed by atoms with Crippen LogP contribution in [0.1, 0.15) is 20.8 Å². The minimum Gasteiger partial charge on any atom is -0.368 e. The maximum Gasteiger partial charge on any atom is 0.155 e. The van der Waals surface area contributed by atoms with Gasteiger partial charge in [0.25, 0.3) is 0 Å². The van der Waals surface area contributed by atoms with Gasteiger partial charge in [0.05, 0.1) is 5.60 Å². The standard InChI is InChI=1S/C6H13O2/c1-5(7)8-6(2,3)4/h5,7H,1H2,2-4H3. The molecule has 1 unspecified atom stereocenters. The number of aliphatic hydroxyl groups is 1. The molecule has 2 heteroatoms. The van der Waals surface area contributed by atoms with Crippen molar-refractivity contribution in [3.05, 3.63) is 6.92 Å². The van der Waals surface area contributed by atoms with E-state index >= 15 is 0 Å². The van der Waals surface area contributed by atoms with Crippen LogP contribution in [-0.2, 0) is 4.74 Å². The molecular formula is C6H13O2. The maximum absolute atomic E-state index is 8.55. The van der Waals surface area contributed by atoms with Crippen LogP contribution >= 0.6 is 0 Å². The molecule has 49 valence electrons. The molecule has 0 amide bonds. The van der Waals surface area contributed by atoms with Gasteiger partial charge in [-0.1, -0.05) is 0 Å². The number of hydrogen-bond acceptors (Lipinski definition) is 2. The van der Waals surface area contributed by atoms with Crippen LogP contribution in [0.15, 0.2) is 0 Å². The fourth-order valence-corrected chi connectivity index (χ4v) is 0.408. The minimum absolute atomic E-state index is 0.291. The van der Waals surface area contributed by atoms with E-state index in [2.05, 4.69) is 6.92 Å². The number of ether oxygens (including phenoxy) is 1. The Bertz CT molecular complexity index is 61.4. The maximum atomic E-state index is 8.55. The first-order valence-corrected chi connectivity index (χ1v) is 2.61. The van der Waals surface area contributed by atoms with Crippen molar-refractivity contribution < 1.29 is 9.84 Å². The Morgan fingerprint density at radius 1 is 1.50 bits per heavy atom. The van der Waals surface area contributed by atoms with E-state index < -0.39 is 6.29 Å². The summed E-state index contributed by atoms with van der Waals surface area (Å²) < 4.78 is 4.88. The van der Waals surface area contributed by atoms with Crippen LogP contribution in [0.3, 0.4) is 0 Å². The highest BCUT2D eigenvalue weighted by Crippen LogP contribution is 2.07. The number of rotatable bonds is 1. The van der Waals surface area contributed by atoms with Crippen LogP contribution in [-0.4, -0.2) is 17.0 Å². The van der Waals surface area contributed by atoms with Gasteiger partial charge in [-0.25, -0.2) is 0 Å². The summed E-state index contributed by atoms with van der Waals surface area (Å²) in [5, 5.41) is 8.55. The zero-order chi connectivity index (χ0) is 6.78. The normalized spacial score (nSPS) is 16.1. The van der Waals surface area contributed by atoms with Gasteiger partial charge in [0, 0.05) is 6.92 Å². The Kier molecular flexibility index (Phi) is 2.44. The SMILES string of the molecule is [CH2]C(O)OC(C)(C)C. The van der Waals surface area contributed by atoms with Crippen molar-refractivity contribution in [2.45, 2.75) is 32.7 Å². The Morgan fingerprint density at radius 3 is 1.88 bits per heavy atom. The monoisotopic (exact) mass is 117 g/mol. The molecule has 0 saturated carbocycles. The van der Waals surface area contributed by atoms with Gasteiger partial charge in [-0.2, -0.15) is 0 Å². The summed E-state index contributed by atoms with van der Waals surface area (Å²) in [4.78, 5) is 0. The lowest BCUT2D eigenvalue weighted by molar-refractivity contribution is -0.139. The summed E-state index contributed by atoms with van der Waals surface area (Å²) in [6, 6.07) is 0. The summed E-state index contributed by atoms with van der Waals surface area (Å²) >= 11 is 0. The second kappa shape index (κ2) is 2.46. The lowest BCUT2D eigenvalue weighted by Crippen LogP contribution is -2.25. The number of aliphatic hydroxyl groups excluding tert-OH is 1. The van der Waals surface area contributed by atoms with Crippen molar-refractivity contribution in [1.29, 1.82) is 0 Å². The van der Waals surface area contributed by atoms with Gasteiger partial charge in [-0.05, 0) is 20.8 Å². The molecule has 0 saturated heterocycles. The van der Waals surface area contributed by atoms with Crippen LogP contribution in [0.2, 0.25) is 0 Å². The van der Waals surface area contributed by atoms with E-state index in [4.69, 9.17) is 9.84 Å². The summed E-state index contributed by atoms with van der Waals surface area (Å²) in [5.74, 6) is 0. The summed E-state index contributed by atoms with van der Waals surface area (Å²) in [6.07, 6.45) is -0.907. The highest BCUT2D eigenvalue weighted by molar-refractivity contribution is 4.60. The second-order valence-electron chi connectivity index (χ2n) is 2.68. The van der Waals surface area contributed by atoms with Crippen molar-refractivity contribution in [1.82, 2.24) is 0 Å². The average Bonchev–Trinajstić information content (AvgIpc) is 1.21. The van der Waals surface area contributed by atoms with Crippen LogP contribution in [0.5, 0.6) is 0 Å². The molecule has 0 rings (SSSR count). The molecule has 0 aromatic rings.